The van der Waals surface area contributed by atoms with Gasteiger partial charge in [-0.2, -0.15) is 0 Å². The lowest BCUT2D eigenvalue weighted by Crippen LogP contribution is -2.14. The third-order valence-corrected chi connectivity index (χ3v) is 2.49. The zero-order valence-electron chi connectivity index (χ0n) is 9.21. The first-order valence-electron chi connectivity index (χ1n) is 5.07. The molecule has 1 aromatic rings. The second kappa shape index (κ2) is 5.05. The summed E-state index contributed by atoms with van der Waals surface area (Å²) in [5.41, 5.74) is 0.389. The van der Waals surface area contributed by atoms with Crippen LogP contribution in [0.5, 0.6) is 0 Å². The van der Waals surface area contributed by atoms with Crippen LogP contribution in [-0.4, -0.2) is 11.1 Å². The Hall–Kier alpha value is -1.45. The molecule has 0 saturated heterocycles. The summed E-state index contributed by atoms with van der Waals surface area (Å²) in [4.78, 5) is 10.7. The van der Waals surface area contributed by atoms with E-state index in [4.69, 9.17) is 5.11 Å². The number of carboxylic acids is 1. The van der Waals surface area contributed by atoms with Crippen molar-refractivity contribution in [3.63, 3.8) is 0 Å². The molecule has 0 spiro atoms. The molecule has 0 saturated carbocycles. The molecule has 2 nitrogen and oxygen atoms in total. The smallest absolute Gasteiger partial charge is 0.306 e. The Bertz CT molecular complexity index is 389. The van der Waals surface area contributed by atoms with Crippen LogP contribution in [0.25, 0.3) is 0 Å². The van der Waals surface area contributed by atoms with Crippen LogP contribution in [0, 0.1) is 11.7 Å². The number of carbonyl (C=O) groups is 1. The lowest BCUT2D eigenvalue weighted by Gasteiger charge is -2.13. The number of aliphatic carboxylic acids is 1. The molecule has 0 aliphatic heterocycles. The molecule has 1 rings (SSSR count). The van der Waals surface area contributed by atoms with Crippen LogP contribution >= 0.6 is 0 Å². The highest BCUT2D eigenvalue weighted by Crippen LogP contribution is 2.26. The fourth-order valence-electron chi connectivity index (χ4n) is 1.62. The van der Waals surface area contributed by atoms with E-state index in [-0.39, 0.29) is 12.0 Å². The Labute approximate surface area is 92.9 Å². The Morgan fingerprint density at radius 3 is 2.56 bits per heavy atom. The monoisotopic (exact) mass is 228 g/mol. The van der Waals surface area contributed by atoms with E-state index in [0.29, 0.717) is 5.56 Å². The van der Waals surface area contributed by atoms with Gasteiger partial charge in [-0.3, -0.25) is 4.79 Å². The number of alkyl halides is 1. The molecule has 0 bridgehead atoms. The molecule has 0 amide bonds. The van der Waals surface area contributed by atoms with Crippen molar-refractivity contribution >= 4 is 5.97 Å². The Morgan fingerprint density at radius 2 is 2.06 bits per heavy atom. The summed E-state index contributed by atoms with van der Waals surface area (Å²) in [5, 5.41) is 8.75. The van der Waals surface area contributed by atoms with Crippen LogP contribution in [0.15, 0.2) is 18.2 Å². The molecule has 2 atom stereocenters. The van der Waals surface area contributed by atoms with E-state index in [2.05, 4.69) is 0 Å². The molecule has 1 N–H and O–H groups in total. The molecule has 0 aliphatic rings. The Balaban J connectivity index is 3.04. The highest BCUT2D eigenvalue weighted by Gasteiger charge is 2.19. The first-order valence-corrected chi connectivity index (χ1v) is 5.07. The largest absolute Gasteiger partial charge is 0.481 e. The zero-order chi connectivity index (χ0) is 12.3. The molecule has 0 radical (unpaired) electrons. The van der Waals surface area contributed by atoms with Gasteiger partial charge in [0.1, 0.15) is 12.0 Å². The second-order valence-corrected chi connectivity index (χ2v) is 3.87. The number of benzene rings is 1. The molecular weight excluding hydrogens is 214 g/mol. The number of rotatable bonds is 4. The van der Waals surface area contributed by atoms with Crippen molar-refractivity contribution in [1.29, 1.82) is 0 Å². The molecule has 88 valence electrons. The van der Waals surface area contributed by atoms with Gasteiger partial charge in [-0.1, -0.05) is 19.1 Å². The van der Waals surface area contributed by atoms with Crippen LogP contribution in [0.4, 0.5) is 8.78 Å². The zero-order valence-corrected chi connectivity index (χ0v) is 9.21. The summed E-state index contributed by atoms with van der Waals surface area (Å²) in [6.45, 7) is 2.76. The van der Waals surface area contributed by atoms with Gasteiger partial charge in [0.05, 0.1) is 5.92 Å². The van der Waals surface area contributed by atoms with E-state index in [0.717, 1.165) is 0 Å². The van der Waals surface area contributed by atoms with Gasteiger partial charge in [0, 0.05) is 5.56 Å². The van der Waals surface area contributed by atoms with Crippen molar-refractivity contribution in [2.24, 2.45) is 5.92 Å². The fourth-order valence-corrected chi connectivity index (χ4v) is 1.62. The summed E-state index contributed by atoms with van der Waals surface area (Å²) < 4.78 is 26.6. The summed E-state index contributed by atoms with van der Waals surface area (Å²) in [7, 11) is 0. The van der Waals surface area contributed by atoms with Crippen molar-refractivity contribution in [1.82, 2.24) is 0 Å². The summed E-state index contributed by atoms with van der Waals surface area (Å²) >= 11 is 0. The second-order valence-electron chi connectivity index (χ2n) is 3.87. The highest BCUT2D eigenvalue weighted by atomic mass is 19.1. The van der Waals surface area contributed by atoms with E-state index >= 15 is 0 Å². The summed E-state index contributed by atoms with van der Waals surface area (Å²) in [6.07, 6.45) is -1.30. The first kappa shape index (κ1) is 12.6. The third-order valence-electron chi connectivity index (χ3n) is 2.49. The standard InChI is InChI=1S/C12H14F2O2/c1-7(12(15)16)6-9-4-3-5-10(14)11(9)8(2)13/h3-5,7-8H,6H2,1-2H3,(H,15,16). The molecule has 0 aromatic heterocycles. The number of hydrogen-bond donors (Lipinski definition) is 1. The minimum atomic E-state index is -1.43. The maximum absolute atomic E-state index is 13.4. The van der Waals surface area contributed by atoms with Crippen LogP contribution in [0.2, 0.25) is 0 Å². The lowest BCUT2D eigenvalue weighted by molar-refractivity contribution is -0.141. The van der Waals surface area contributed by atoms with E-state index in [1.165, 1.54) is 26.0 Å². The van der Waals surface area contributed by atoms with Gasteiger partial charge < -0.3 is 5.11 Å². The van der Waals surface area contributed by atoms with Gasteiger partial charge >= 0.3 is 5.97 Å². The highest BCUT2D eigenvalue weighted by molar-refractivity contribution is 5.70. The van der Waals surface area contributed by atoms with Crippen molar-refractivity contribution in [2.75, 3.05) is 0 Å². The molecule has 16 heavy (non-hydrogen) atoms. The van der Waals surface area contributed by atoms with E-state index in [9.17, 15) is 13.6 Å². The van der Waals surface area contributed by atoms with Crippen molar-refractivity contribution in [2.45, 2.75) is 26.4 Å². The van der Waals surface area contributed by atoms with Crippen molar-refractivity contribution < 1.29 is 18.7 Å². The van der Waals surface area contributed by atoms with Gasteiger partial charge in [0.15, 0.2) is 0 Å². The van der Waals surface area contributed by atoms with Crippen LogP contribution in [0.3, 0.4) is 0 Å². The van der Waals surface area contributed by atoms with Crippen LogP contribution in [0.1, 0.15) is 31.1 Å². The maximum Gasteiger partial charge on any atom is 0.306 e. The average molecular weight is 228 g/mol. The predicted molar refractivity (Wildman–Crippen MR) is 56.4 cm³/mol. The number of hydrogen-bond acceptors (Lipinski definition) is 1. The minimum absolute atomic E-state index is 0.0319. The van der Waals surface area contributed by atoms with E-state index < -0.39 is 23.9 Å². The van der Waals surface area contributed by atoms with Crippen molar-refractivity contribution in [3.05, 3.63) is 35.1 Å². The third kappa shape index (κ3) is 2.78. The Kier molecular flexibility index (Phi) is 3.99. The fraction of sp³-hybridized carbons (Fsp3) is 0.417. The molecule has 1 aromatic carbocycles. The maximum atomic E-state index is 13.4. The van der Waals surface area contributed by atoms with Gasteiger partial charge in [0.2, 0.25) is 0 Å². The normalized spacial score (nSPS) is 14.5. The quantitative estimate of drug-likeness (QED) is 0.859. The van der Waals surface area contributed by atoms with E-state index in [1.54, 1.807) is 6.07 Å². The number of carboxylic acid groups (broad SMARTS) is 1. The van der Waals surface area contributed by atoms with Crippen LogP contribution in [-0.2, 0) is 11.2 Å². The first-order chi connectivity index (χ1) is 7.43. The van der Waals surface area contributed by atoms with Gasteiger partial charge in [-0.15, -0.1) is 0 Å². The molecule has 0 aliphatic carbocycles. The topological polar surface area (TPSA) is 37.3 Å². The SMILES string of the molecule is CC(Cc1cccc(F)c1C(C)F)C(=O)O. The molecule has 4 heteroatoms. The molecular formula is C12H14F2O2. The Morgan fingerprint density at radius 1 is 1.44 bits per heavy atom. The summed E-state index contributed by atoms with van der Waals surface area (Å²) in [6, 6.07) is 4.21. The van der Waals surface area contributed by atoms with Crippen molar-refractivity contribution in [3.8, 4) is 0 Å². The van der Waals surface area contributed by atoms with E-state index in [1.807, 2.05) is 0 Å². The average Bonchev–Trinajstić information content (AvgIpc) is 2.16. The van der Waals surface area contributed by atoms with Crippen LogP contribution < -0.4 is 0 Å². The van der Waals surface area contributed by atoms with Gasteiger partial charge in [0.25, 0.3) is 0 Å². The number of halogens is 2. The summed E-state index contributed by atoms with van der Waals surface area (Å²) in [5.74, 6) is -2.24. The lowest BCUT2D eigenvalue weighted by atomic mass is 9.94. The van der Waals surface area contributed by atoms with Gasteiger partial charge in [-0.05, 0) is 25.0 Å². The molecule has 0 fully saturated rings. The molecule has 0 heterocycles. The minimum Gasteiger partial charge on any atom is -0.481 e. The predicted octanol–water partition coefficient (Wildman–Crippen LogP) is 3.12. The molecule has 2 unspecified atom stereocenters. The van der Waals surface area contributed by atoms with Gasteiger partial charge in [-0.25, -0.2) is 8.78 Å².